The summed E-state index contributed by atoms with van der Waals surface area (Å²) in [6.07, 6.45) is 3.94. The van der Waals surface area contributed by atoms with Crippen molar-refractivity contribution in [3.63, 3.8) is 0 Å². The van der Waals surface area contributed by atoms with Gasteiger partial charge in [0, 0.05) is 55.8 Å². The molecule has 1 heterocycles. The molecule has 0 saturated heterocycles. The lowest BCUT2D eigenvalue weighted by Gasteiger charge is -2.32. The van der Waals surface area contributed by atoms with E-state index in [1.807, 2.05) is 60.9 Å². The lowest BCUT2D eigenvalue weighted by molar-refractivity contribution is -0.385. The number of imidazole rings is 1. The smallest absolute Gasteiger partial charge is 0.282 e. The van der Waals surface area contributed by atoms with Crippen LogP contribution in [0.1, 0.15) is 47.4 Å². The van der Waals surface area contributed by atoms with Gasteiger partial charge in [0.2, 0.25) is 5.91 Å². The highest BCUT2D eigenvalue weighted by Crippen LogP contribution is 2.25. The van der Waals surface area contributed by atoms with Crippen LogP contribution in [-0.4, -0.2) is 48.7 Å². The zero-order valence-corrected chi connectivity index (χ0v) is 26.7. The molecule has 2 amide bonds. The van der Waals surface area contributed by atoms with E-state index in [-0.39, 0.29) is 48.3 Å². The first kappa shape index (κ1) is 33.5. The van der Waals surface area contributed by atoms with Crippen molar-refractivity contribution in [1.29, 1.82) is 0 Å². The van der Waals surface area contributed by atoms with Gasteiger partial charge in [0.25, 0.3) is 17.3 Å². The Morgan fingerprint density at radius 2 is 1.62 bits per heavy atom. The van der Waals surface area contributed by atoms with Gasteiger partial charge in [-0.3, -0.25) is 29.8 Å². The summed E-state index contributed by atoms with van der Waals surface area (Å²) in [5, 5.41) is 28.0. The first-order chi connectivity index (χ1) is 23.1. The van der Waals surface area contributed by atoms with Gasteiger partial charge >= 0.3 is 0 Å². The number of non-ortho nitro benzene ring substituents is 1. The first-order valence-electron chi connectivity index (χ1n) is 15.7. The van der Waals surface area contributed by atoms with Crippen molar-refractivity contribution in [2.24, 2.45) is 5.92 Å². The second kappa shape index (κ2) is 15.1. The number of carbonyl (C=O) groups is 2. The van der Waals surface area contributed by atoms with Crippen molar-refractivity contribution in [1.82, 2.24) is 19.8 Å². The fourth-order valence-electron chi connectivity index (χ4n) is 5.71. The molecule has 4 aromatic carbocycles. The van der Waals surface area contributed by atoms with E-state index in [9.17, 15) is 29.8 Å². The van der Waals surface area contributed by atoms with Gasteiger partial charge in [-0.1, -0.05) is 87.0 Å². The maximum atomic E-state index is 14.1. The minimum Gasteiger partial charge on any atom is -0.351 e. The topological polar surface area (TPSA) is 154 Å². The first-order valence-corrected chi connectivity index (χ1v) is 15.7. The van der Waals surface area contributed by atoms with E-state index in [0.717, 1.165) is 21.9 Å². The van der Waals surface area contributed by atoms with Crippen LogP contribution in [0.5, 0.6) is 0 Å². The van der Waals surface area contributed by atoms with Gasteiger partial charge in [0.15, 0.2) is 0 Å². The zero-order chi connectivity index (χ0) is 34.2. The summed E-state index contributed by atoms with van der Waals surface area (Å²) in [6, 6.07) is 25.3. The number of fused-ring (bicyclic) bond motifs is 1. The Kier molecular flexibility index (Phi) is 10.5. The van der Waals surface area contributed by atoms with Crippen molar-refractivity contribution in [2.75, 3.05) is 6.54 Å². The number of nitrogens with zero attached hydrogens (tertiary/aromatic N) is 5. The van der Waals surface area contributed by atoms with Crippen molar-refractivity contribution in [3.05, 3.63) is 146 Å². The van der Waals surface area contributed by atoms with E-state index in [4.69, 9.17) is 0 Å². The zero-order valence-electron chi connectivity index (χ0n) is 26.7. The summed E-state index contributed by atoms with van der Waals surface area (Å²) < 4.78 is 1.81. The predicted molar refractivity (Wildman–Crippen MR) is 181 cm³/mol. The SMILES string of the molecule is CC[C@H](C)[C@@H](CN(Cc1cccc2ccccc12)C(=O)c1ccccc1[N+](=O)[O-])NC(=O)Cc1cncn1Cc1ccc([N+](=O)[O-])cc1. The number of hydrogen-bond acceptors (Lipinski definition) is 7. The minimum absolute atomic E-state index is 0.00471. The van der Waals surface area contributed by atoms with Crippen LogP contribution >= 0.6 is 0 Å². The van der Waals surface area contributed by atoms with Gasteiger partial charge in [-0.05, 0) is 33.9 Å². The lowest BCUT2D eigenvalue weighted by atomic mass is 9.97. The highest BCUT2D eigenvalue weighted by molar-refractivity contribution is 5.98. The third-order valence-corrected chi connectivity index (χ3v) is 8.59. The number of carbonyl (C=O) groups excluding carboxylic acids is 2. The normalized spacial score (nSPS) is 12.3. The molecule has 0 saturated carbocycles. The third kappa shape index (κ3) is 7.89. The van der Waals surface area contributed by atoms with Gasteiger partial charge in [-0.25, -0.2) is 4.98 Å². The number of nitro benzene ring substituents is 2. The van der Waals surface area contributed by atoms with E-state index in [2.05, 4.69) is 10.3 Å². The van der Waals surface area contributed by atoms with Crippen molar-refractivity contribution >= 4 is 34.0 Å². The summed E-state index contributed by atoms with van der Waals surface area (Å²) in [6.45, 7) is 4.67. The molecule has 0 aliphatic heterocycles. The van der Waals surface area contributed by atoms with E-state index in [0.29, 0.717) is 18.7 Å². The Labute approximate surface area is 277 Å². The summed E-state index contributed by atoms with van der Waals surface area (Å²) in [5.41, 5.74) is 2.04. The van der Waals surface area contributed by atoms with Crippen LogP contribution in [0.2, 0.25) is 0 Å². The van der Waals surface area contributed by atoms with E-state index in [1.54, 1.807) is 35.6 Å². The van der Waals surface area contributed by atoms with Gasteiger partial charge < -0.3 is 14.8 Å². The number of rotatable bonds is 14. The maximum absolute atomic E-state index is 14.1. The van der Waals surface area contributed by atoms with Crippen LogP contribution in [-0.2, 0) is 24.3 Å². The Balaban J connectivity index is 1.39. The number of hydrogen-bond donors (Lipinski definition) is 1. The van der Waals surface area contributed by atoms with Crippen LogP contribution in [0, 0.1) is 26.1 Å². The number of nitro groups is 2. The molecule has 0 aliphatic carbocycles. The molecule has 0 unspecified atom stereocenters. The fraction of sp³-hybridized carbons (Fsp3) is 0.250. The Morgan fingerprint density at radius 3 is 2.35 bits per heavy atom. The van der Waals surface area contributed by atoms with Gasteiger partial charge in [-0.15, -0.1) is 0 Å². The summed E-state index contributed by atoms with van der Waals surface area (Å²) in [4.78, 5) is 55.4. The van der Waals surface area contributed by atoms with Crippen LogP contribution in [0.4, 0.5) is 11.4 Å². The average Bonchev–Trinajstić information content (AvgIpc) is 3.52. The number of nitrogens with one attached hydrogen (secondary N) is 1. The number of aromatic nitrogens is 2. The van der Waals surface area contributed by atoms with E-state index in [1.165, 1.54) is 30.3 Å². The molecular weight excluding hydrogens is 612 g/mol. The van der Waals surface area contributed by atoms with Crippen molar-refractivity contribution in [3.8, 4) is 0 Å². The molecule has 0 spiro atoms. The largest absolute Gasteiger partial charge is 0.351 e. The van der Waals surface area contributed by atoms with Gasteiger partial charge in [0.1, 0.15) is 5.56 Å². The Morgan fingerprint density at radius 1 is 0.917 bits per heavy atom. The molecule has 0 aliphatic rings. The van der Waals surface area contributed by atoms with Crippen molar-refractivity contribution in [2.45, 2.75) is 45.8 Å². The van der Waals surface area contributed by atoms with Crippen LogP contribution in [0.3, 0.4) is 0 Å². The molecule has 12 nitrogen and oxygen atoms in total. The molecule has 0 fully saturated rings. The summed E-state index contributed by atoms with van der Waals surface area (Å²) in [5.74, 6) is -0.805. The summed E-state index contributed by atoms with van der Waals surface area (Å²) in [7, 11) is 0. The Bertz CT molecular complexity index is 1930. The van der Waals surface area contributed by atoms with E-state index < -0.39 is 21.8 Å². The maximum Gasteiger partial charge on any atom is 0.282 e. The number of para-hydroxylation sites is 1. The average molecular weight is 649 g/mol. The van der Waals surface area contributed by atoms with Gasteiger partial charge in [-0.2, -0.15) is 0 Å². The lowest BCUT2D eigenvalue weighted by Crippen LogP contribution is -2.49. The monoisotopic (exact) mass is 648 g/mol. The molecule has 12 heteroatoms. The molecule has 1 N–H and O–H groups in total. The standard InChI is InChI=1S/C36H36N6O6/c1-3-25(2)33(38-35(43)19-30-20-37-24-40(30)21-26-15-17-29(18-16-26)41(45)46)23-39(36(44)32-13-6-7-14-34(32)42(47)48)22-28-11-8-10-27-9-4-5-12-31(27)28/h4-18,20,24-25,33H,3,19,21-23H2,1-2H3,(H,38,43)/t25-,33+/m0/s1. The molecule has 0 bridgehead atoms. The van der Waals surface area contributed by atoms with Crippen LogP contribution in [0.25, 0.3) is 10.8 Å². The molecule has 1 aromatic heterocycles. The predicted octanol–water partition coefficient (Wildman–Crippen LogP) is 6.32. The summed E-state index contributed by atoms with van der Waals surface area (Å²) >= 11 is 0. The quantitative estimate of drug-likeness (QED) is 0.109. The minimum atomic E-state index is -0.558. The molecule has 5 aromatic rings. The van der Waals surface area contributed by atoms with Crippen LogP contribution < -0.4 is 5.32 Å². The number of benzene rings is 4. The Hall–Kier alpha value is -5.91. The third-order valence-electron chi connectivity index (χ3n) is 8.59. The molecule has 246 valence electrons. The van der Waals surface area contributed by atoms with Gasteiger partial charge in [0.05, 0.1) is 22.6 Å². The molecule has 48 heavy (non-hydrogen) atoms. The molecule has 0 radical (unpaired) electrons. The second-order valence-corrected chi connectivity index (χ2v) is 11.8. The highest BCUT2D eigenvalue weighted by atomic mass is 16.6. The fourth-order valence-corrected chi connectivity index (χ4v) is 5.71. The van der Waals surface area contributed by atoms with Crippen LogP contribution in [0.15, 0.2) is 104 Å². The highest BCUT2D eigenvalue weighted by Gasteiger charge is 2.29. The molecule has 2 atom stereocenters. The van der Waals surface area contributed by atoms with E-state index >= 15 is 0 Å². The molecule has 5 rings (SSSR count). The number of amides is 2. The second-order valence-electron chi connectivity index (χ2n) is 11.8. The molecular formula is C36H36N6O6. The van der Waals surface area contributed by atoms with Crippen molar-refractivity contribution < 1.29 is 19.4 Å².